The maximum Gasteiger partial charge on any atom is 0.472 e. The molecule has 2 atom stereocenters. The van der Waals surface area contributed by atoms with E-state index in [1.54, 1.807) is 0 Å². The lowest BCUT2D eigenvalue weighted by atomic mass is 10.0. The fourth-order valence-electron chi connectivity index (χ4n) is 6.40. The first kappa shape index (κ1) is 51.2. The van der Waals surface area contributed by atoms with Crippen molar-refractivity contribution in [1.29, 1.82) is 0 Å². The van der Waals surface area contributed by atoms with Gasteiger partial charge in [0.15, 0.2) is 0 Å². The Morgan fingerprint density at radius 3 is 1.40 bits per heavy atom. The molecule has 0 rings (SSSR count). The van der Waals surface area contributed by atoms with Crippen molar-refractivity contribution in [2.75, 3.05) is 33.0 Å². The molecular weight excluding hydrogens is 673 g/mol. The Balaban J connectivity index is 3.97. The van der Waals surface area contributed by atoms with Crippen LogP contribution in [0.5, 0.6) is 0 Å². The Hall–Kier alpha value is -0.760. The number of allylic oxidation sites excluding steroid dienone is 2. The number of nitrogens with two attached hydrogens (primary N) is 1. The summed E-state index contributed by atoms with van der Waals surface area (Å²) in [6.45, 7) is 4.95. The van der Waals surface area contributed by atoms with Crippen molar-refractivity contribution in [2.24, 2.45) is 5.73 Å². The average molecular weight is 760 g/mol. The van der Waals surface area contributed by atoms with Crippen LogP contribution in [0.1, 0.15) is 219 Å². The molecule has 0 amide bonds. The van der Waals surface area contributed by atoms with Gasteiger partial charge in [-0.05, 0) is 38.5 Å². The molecule has 52 heavy (non-hydrogen) atoms. The zero-order chi connectivity index (χ0) is 38.1. The first-order valence-electron chi connectivity index (χ1n) is 22.2. The summed E-state index contributed by atoms with van der Waals surface area (Å²) < 4.78 is 33.4. The van der Waals surface area contributed by atoms with E-state index in [0.717, 1.165) is 44.9 Å². The van der Waals surface area contributed by atoms with E-state index in [-0.39, 0.29) is 32.3 Å². The Morgan fingerprint density at radius 1 is 0.558 bits per heavy atom. The topological polar surface area (TPSA) is 117 Å². The highest BCUT2D eigenvalue weighted by molar-refractivity contribution is 7.47. The second kappa shape index (κ2) is 41.4. The third-order valence-corrected chi connectivity index (χ3v) is 10.7. The van der Waals surface area contributed by atoms with Crippen molar-refractivity contribution in [3.63, 3.8) is 0 Å². The van der Waals surface area contributed by atoms with Crippen LogP contribution in [0, 0.1) is 0 Å². The van der Waals surface area contributed by atoms with E-state index >= 15 is 0 Å². The van der Waals surface area contributed by atoms with Crippen LogP contribution in [-0.4, -0.2) is 49.9 Å². The maximum absolute atomic E-state index is 12.6. The molecule has 0 aromatic carbocycles. The minimum absolute atomic E-state index is 0.0937. The van der Waals surface area contributed by atoms with E-state index in [9.17, 15) is 14.3 Å². The molecule has 3 N–H and O–H groups in total. The van der Waals surface area contributed by atoms with Gasteiger partial charge in [0, 0.05) is 19.6 Å². The predicted molar refractivity (Wildman–Crippen MR) is 220 cm³/mol. The molecule has 0 aliphatic carbocycles. The van der Waals surface area contributed by atoms with Crippen molar-refractivity contribution in [2.45, 2.75) is 225 Å². The van der Waals surface area contributed by atoms with Crippen LogP contribution >= 0.6 is 7.82 Å². The van der Waals surface area contributed by atoms with Gasteiger partial charge in [0.05, 0.1) is 19.8 Å². The van der Waals surface area contributed by atoms with Crippen molar-refractivity contribution < 1.29 is 32.8 Å². The molecule has 0 saturated carbocycles. The molecule has 0 radical (unpaired) electrons. The molecule has 0 aromatic heterocycles. The zero-order valence-corrected chi connectivity index (χ0v) is 35.2. The van der Waals surface area contributed by atoms with E-state index in [1.807, 2.05) is 0 Å². The van der Waals surface area contributed by atoms with Crippen LogP contribution in [0.3, 0.4) is 0 Å². The summed E-state index contributed by atoms with van der Waals surface area (Å²) >= 11 is 0. The van der Waals surface area contributed by atoms with E-state index < -0.39 is 13.9 Å². The lowest BCUT2D eigenvalue weighted by Gasteiger charge is -2.20. The number of ether oxygens (including phenoxy) is 2. The summed E-state index contributed by atoms with van der Waals surface area (Å²) in [6.07, 6.45) is 43.7. The van der Waals surface area contributed by atoms with Crippen molar-refractivity contribution >= 4 is 13.8 Å². The molecule has 0 aliphatic rings. The molecule has 8 nitrogen and oxygen atoms in total. The van der Waals surface area contributed by atoms with Crippen LogP contribution in [0.2, 0.25) is 0 Å². The van der Waals surface area contributed by atoms with Gasteiger partial charge in [0.1, 0.15) is 6.10 Å². The van der Waals surface area contributed by atoms with E-state index in [1.165, 1.54) is 154 Å². The van der Waals surface area contributed by atoms with Gasteiger partial charge in [0.25, 0.3) is 0 Å². The molecule has 0 bridgehead atoms. The number of hydrogen-bond donors (Lipinski definition) is 2. The summed E-state index contributed by atoms with van der Waals surface area (Å²) in [4.78, 5) is 22.5. The Kier molecular flexibility index (Phi) is 40.8. The van der Waals surface area contributed by atoms with Crippen molar-refractivity contribution in [3.05, 3.63) is 12.2 Å². The molecule has 0 saturated heterocycles. The van der Waals surface area contributed by atoms with Crippen LogP contribution < -0.4 is 5.73 Å². The fraction of sp³-hybridized carbons (Fsp3) is 0.930. The first-order valence-corrected chi connectivity index (χ1v) is 23.7. The highest BCUT2D eigenvalue weighted by Crippen LogP contribution is 2.43. The van der Waals surface area contributed by atoms with Crippen LogP contribution in [-0.2, 0) is 27.9 Å². The van der Waals surface area contributed by atoms with Gasteiger partial charge in [-0.25, -0.2) is 4.57 Å². The zero-order valence-electron chi connectivity index (χ0n) is 34.3. The summed E-state index contributed by atoms with van der Waals surface area (Å²) in [5, 5.41) is 0. The van der Waals surface area contributed by atoms with Gasteiger partial charge in [-0.2, -0.15) is 0 Å². The summed E-state index contributed by atoms with van der Waals surface area (Å²) in [7, 11) is -4.27. The molecule has 0 heterocycles. The third kappa shape index (κ3) is 40.4. The largest absolute Gasteiger partial charge is 0.472 e. The van der Waals surface area contributed by atoms with Gasteiger partial charge in [0.2, 0.25) is 0 Å². The summed E-state index contributed by atoms with van der Waals surface area (Å²) in [5.74, 6) is -0.335. The molecule has 2 unspecified atom stereocenters. The molecule has 0 aromatic rings. The third-order valence-electron chi connectivity index (χ3n) is 9.68. The van der Waals surface area contributed by atoms with E-state index in [2.05, 4.69) is 26.0 Å². The molecule has 0 spiro atoms. The van der Waals surface area contributed by atoms with E-state index in [4.69, 9.17) is 24.3 Å². The number of esters is 1. The molecule has 310 valence electrons. The van der Waals surface area contributed by atoms with Crippen LogP contribution in [0.4, 0.5) is 0 Å². The standard InChI is InChI=1S/C43H86NO7P/c1-3-5-7-9-11-13-15-17-19-20-21-22-23-25-27-29-31-33-35-38-48-40-42(41-50-52(46,47)49-39-37-44)51-43(45)36-34-32-30-28-26-24-18-16-14-12-10-8-6-4-2/h16,18,42H,3-15,17,19-41,44H2,1-2H3,(H,46,47)/b18-16-. The van der Waals surface area contributed by atoms with Gasteiger partial charge in [-0.3, -0.25) is 13.8 Å². The van der Waals surface area contributed by atoms with Crippen molar-refractivity contribution in [3.8, 4) is 0 Å². The number of phosphoric acid groups is 1. The second-order valence-corrected chi connectivity index (χ2v) is 16.4. The number of hydrogen-bond acceptors (Lipinski definition) is 7. The Morgan fingerprint density at radius 2 is 0.962 bits per heavy atom. The predicted octanol–water partition coefficient (Wildman–Crippen LogP) is 13.1. The fourth-order valence-corrected chi connectivity index (χ4v) is 7.17. The van der Waals surface area contributed by atoms with Gasteiger partial charge >= 0.3 is 13.8 Å². The number of carbonyl (C=O) groups is 1. The highest BCUT2D eigenvalue weighted by atomic mass is 31.2. The van der Waals surface area contributed by atoms with Crippen LogP contribution in [0.15, 0.2) is 12.2 Å². The Labute approximate surface area is 322 Å². The molecule has 0 aliphatic heterocycles. The average Bonchev–Trinajstić information content (AvgIpc) is 3.13. The van der Waals surface area contributed by atoms with Crippen molar-refractivity contribution in [1.82, 2.24) is 0 Å². The lowest BCUT2D eigenvalue weighted by Crippen LogP contribution is -2.28. The monoisotopic (exact) mass is 760 g/mol. The number of unbranched alkanes of at least 4 members (excludes halogenated alkanes) is 28. The number of rotatable bonds is 43. The normalized spacial score (nSPS) is 13.5. The molecule has 9 heteroatoms. The number of phosphoric ester groups is 1. The first-order chi connectivity index (χ1) is 25.4. The highest BCUT2D eigenvalue weighted by Gasteiger charge is 2.25. The quantitative estimate of drug-likeness (QED) is 0.0273. The lowest BCUT2D eigenvalue weighted by molar-refractivity contribution is -0.154. The second-order valence-electron chi connectivity index (χ2n) is 14.9. The molecular formula is C43H86NO7P. The van der Waals surface area contributed by atoms with Gasteiger partial charge in [-0.1, -0.05) is 187 Å². The SMILES string of the molecule is CCCCCCC/C=C\CCCCCCCC(=O)OC(COCCCCCCCCCCCCCCCCCCCCC)COP(=O)(O)OCCN. The smallest absolute Gasteiger partial charge is 0.457 e. The van der Waals surface area contributed by atoms with E-state index in [0.29, 0.717) is 13.0 Å². The van der Waals surface area contributed by atoms with Gasteiger partial charge < -0.3 is 20.1 Å². The maximum atomic E-state index is 12.6. The summed E-state index contributed by atoms with van der Waals surface area (Å²) in [5.41, 5.74) is 5.37. The summed E-state index contributed by atoms with van der Waals surface area (Å²) in [6, 6.07) is 0. The minimum atomic E-state index is -4.27. The van der Waals surface area contributed by atoms with Crippen LogP contribution in [0.25, 0.3) is 0 Å². The Bertz CT molecular complexity index is 812. The van der Waals surface area contributed by atoms with Gasteiger partial charge in [-0.15, -0.1) is 0 Å². The number of carbonyl (C=O) groups excluding carboxylic acids is 1. The molecule has 0 fully saturated rings. The minimum Gasteiger partial charge on any atom is -0.457 e.